The molecule has 9 heteroatoms. The van der Waals surface area contributed by atoms with Crippen molar-refractivity contribution < 1.29 is 9.59 Å². The molecule has 1 unspecified atom stereocenters. The summed E-state index contributed by atoms with van der Waals surface area (Å²) in [6.45, 7) is 4.05. The van der Waals surface area contributed by atoms with Crippen molar-refractivity contribution in [2.24, 2.45) is 11.7 Å². The minimum absolute atomic E-state index is 0.0153. The van der Waals surface area contributed by atoms with E-state index >= 15 is 0 Å². The van der Waals surface area contributed by atoms with Crippen LogP contribution in [0.2, 0.25) is 0 Å². The number of carbonyl (C=O) groups is 2. The Hall–Kier alpha value is -3.59. The van der Waals surface area contributed by atoms with Gasteiger partial charge in [0.2, 0.25) is 5.82 Å². The van der Waals surface area contributed by atoms with Crippen molar-refractivity contribution in [2.75, 3.05) is 5.32 Å². The van der Waals surface area contributed by atoms with Gasteiger partial charge in [-0.15, -0.1) is 16.4 Å². The molecule has 0 spiro atoms. The number of nitrogens with two attached hydrogens (primary N) is 1. The molecule has 3 aromatic heterocycles. The molecule has 1 atom stereocenters. The Bertz CT molecular complexity index is 1370. The number of primary amides is 1. The molecule has 0 radical (unpaired) electrons. The minimum atomic E-state index is -0.524. The Morgan fingerprint density at radius 3 is 2.76 bits per heavy atom. The van der Waals surface area contributed by atoms with Gasteiger partial charge in [0.15, 0.2) is 0 Å². The lowest BCUT2D eigenvalue weighted by Crippen LogP contribution is -2.20. The highest BCUT2D eigenvalue weighted by molar-refractivity contribution is 7.17. The molecule has 3 heterocycles. The Morgan fingerprint density at radius 1 is 1.24 bits per heavy atom. The van der Waals surface area contributed by atoms with Crippen LogP contribution in [0.1, 0.15) is 56.9 Å². The van der Waals surface area contributed by atoms with Gasteiger partial charge in [-0.25, -0.2) is 4.98 Å². The van der Waals surface area contributed by atoms with Gasteiger partial charge in [0.05, 0.1) is 11.3 Å². The van der Waals surface area contributed by atoms with E-state index in [0.29, 0.717) is 22.3 Å². The molecule has 0 aliphatic heterocycles. The molecular weight excluding hydrogens is 436 g/mol. The number of hydrogen-bond acceptors (Lipinski definition) is 6. The number of aromatic nitrogens is 4. The van der Waals surface area contributed by atoms with Crippen molar-refractivity contribution in [2.45, 2.75) is 39.5 Å². The second-order valence-electron chi connectivity index (χ2n) is 8.34. The monoisotopic (exact) mass is 460 g/mol. The average molecular weight is 461 g/mol. The van der Waals surface area contributed by atoms with Gasteiger partial charge in [0.1, 0.15) is 5.00 Å². The van der Waals surface area contributed by atoms with E-state index in [4.69, 9.17) is 5.73 Å². The summed E-state index contributed by atoms with van der Waals surface area (Å²) >= 11 is 1.43. The molecule has 2 amide bonds. The van der Waals surface area contributed by atoms with Gasteiger partial charge in [-0.05, 0) is 43.7 Å². The van der Waals surface area contributed by atoms with Gasteiger partial charge >= 0.3 is 0 Å². The Morgan fingerprint density at radius 2 is 2.03 bits per heavy atom. The van der Waals surface area contributed by atoms with Crippen molar-refractivity contribution in [1.29, 1.82) is 0 Å². The third-order valence-corrected chi connectivity index (χ3v) is 7.30. The molecule has 33 heavy (non-hydrogen) atoms. The van der Waals surface area contributed by atoms with Crippen LogP contribution in [0.5, 0.6) is 0 Å². The van der Waals surface area contributed by atoms with Crippen LogP contribution in [0, 0.1) is 12.8 Å². The summed E-state index contributed by atoms with van der Waals surface area (Å²) in [5.41, 5.74) is 9.59. The maximum Gasteiger partial charge on any atom is 0.296 e. The lowest BCUT2D eigenvalue weighted by atomic mass is 9.85. The number of amides is 2. The minimum Gasteiger partial charge on any atom is -0.365 e. The molecule has 1 aliphatic rings. The van der Waals surface area contributed by atoms with E-state index < -0.39 is 11.8 Å². The second-order valence-corrected chi connectivity index (χ2v) is 9.44. The van der Waals surface area contributed by atoms with Gasteiger partial charge in [-0.3, -0.25) is 9.59 Å². The topological polar surface area (TPSA) is 115 Å². The Kier molecular flexibility index (Phi) is 5.41. The van der Waals surface area contributed by atoms with E-state index in [0.717, 1.165) is 53.1 Å². The van der Waals surface area contributed by atoms with Crippen LogP contribution in [0.4, 0.5) is 5.00 Å². The summed E-state index contributed by atoms with van der Waals surface area (Å²) in [4.78, 5) is 35.2. The van der Waals surface area contributed by atoms with E-state index in [1.54, 1.807) is 4.52 Å². The van der Waals surface area contributed by atoms with E-state index in [2.05, 4.69) is 27.3 Å². The van der Waals surface area contributed by atoms with Crippen LogP contribution >= 0.6 is 11.3 Å². The standard InChI is InChI=1S/C24H24N6O2S/c1-3-14-9-10-16-18(12-14)33-23(19(16)20(25)31)28-22(32)21-27-24-26-13(2)11-17(30(24)29-21)15-7-5-4-6-8-15/h4-8,11,14H,3,9-10,12H2,1-2H3,(H2,25,31)(H,28,32). The third-order valence-electron chi connectivity index (χ3n) is 6.13. The van der Waals surface area contributed by atoms with Crippen molar-refractivity contribution in [1.82, 2.24) is 19.6 Å². The van der Waals surface area contributed by atoms with E-state index in [1.165, 1.54) is 11.3 Å². The summed E-state index contributed by atoms with van der Waals surface area (Å²) in [5.74, 6) is -0.107. The first-order valence-corrected chi connectivity index (χ1v) is 11.8. The molecule has 8 nitrogen and oxygen atoms in total. The first-order valence-electron chi connectivity index (χ1n) is 11.0. The normalized spacial score (nSPS) is 15.4. The van der Waals surface area contributed by atoms with Gasteiger partial charge in [-0.1, -0.05) is 43.7 Å². The Labute approximate surface area is 194 Å². The van der Waals surface area contributed by atoms with Crippen LogP contribution in [0.3, 0.4) is 0 Å². The fraction of sp³-hybridized carbons (Fsp3) is 0.292. The molecule has 4 aromatic rings. The average Bonchev–Trinajstić information content (AvgIpc) is 3.39. The maximum absolute atomic E-state index is 13.1. The highest BCUT2D eigenvalue weighted by Gasteiger charge is 2.29. The van der Waals surface area contributed by atoms with Gasteiger partial charge in [-0.2, -0.15) is 9.50 Å². The highest BCUT2D eigenvalue weighted by Crippen LogP contribution is 2.40. The lowest BCUT2D eigenvalue weighted by molar-refractivity contribution is 0.1000. The largest absolute Gasteiger partial charge is 0.365 e. The fourth-order valence-electron chi connectivity index (χ4n) is 4.41. The first kappa shape index (κ1) is 21.3. The quantitative estimate of drug-likeness (QED) is 0.467. The summed E-state index contributed by atoms with van der Waals surface area (Å²) < 4.78 is 1.57. The number of hydrogen-bond donors (Lipinski definition) is 2. The zero-order chi connectivity index (χ0) is 23.1. The number of aryl methyl sites for hydroxylation is 1. The third kappa shape index (κ3) is 3.89. The molecule has 0 bridgehead atoms. The summed E-state index contributed by atoms with van der Waals surface area (Å²) in [5, 5.41) is 7.75. The predicted molar refractivity (Wildman–Crippen MR) is 128 cm³/mol. The van der Waals surface area contributed by atoms with Crippen LogP contribution in [-0.2, 0) is 12.8 Å². The number of rotatable bonds is 5. The number of nitrogens with zero attached hydrogens (tertiary/aromatic N) is 4. The number of fused-ring (bicyclic) bond motifs is 2. The second kappa shape index (κ2) is 8.40. The molecule has 1 aliphatic carbocycles. The number of anilines is 1. The fourth-order valence-corrected chi connectivity index (χ4v) is 5.77. The molecular formula is C24H24N6O2S. The summed E-state index contributed by atoms with van der Waals surface area (Å²) in [7, 11) is 0. The van der Waals surface area contributed by atoms with Crippen molar-refractivity contribution in [3.8, 4) is 11.3 Å². The first-order chi connectivity index (χ1) is 15.9. The van der Waals surface area contributed by atoms with E-state index in [9.17, 15) is 9.59 Å². The number of thiophene rings is 1. The SMILES string of the molecule is CCC1CCc2c(sc(NC(=O)c3nc4nc(C)cc(-c5ccccc5)n4n3)c2C(N)=O)C1. The van der Waals surface area contributed by atoms with E-state index in [1.807, 2.05) is 43.3 Å². The smallest absolute Gasteiger partial charge is 0.296 e. The predicted octanol–water partition coefficient (Wildman–Crippen LogP) is 4.03. The molecule has 1 aromatic carbocycles. The molecule has 0 fully saturated rings. The summed E-state index contributed by atoms with van der Waals surface area (Å²) in [6.07, 6.45) is 3.82. The van der Waals surface area contributed by atoms with E-state index in [-0.39, 0.29) is 5.82 Å². The van der Waals surface area contributed by atoms with Crippen LogP contribution < -0.4 is 11.1 Å². The molecule has 0 saturated carbocycles. The molecule has 5 rings (SSSR count). The zero-order valence-corrected chi connectivity index (χ0v) is 19.3. The highest BCUT2D eigenvalue weighted by atomic mass is 32.1. The number of nitrogens with one attached hydrogen (secondary N) is 1. The maximum atomic E-state index is 13.1. The van der Waals surface area contributed by atoms with Crippen LogP contribution in [-0.4, -0.2) is 31.4 Å². The molecule has 3 N–H and O–H groups in total. The van der Waals surface area contributed by atoms with Crippen LogP contribution in [0.25, 0.3) is 17.0 Å². The lowest BCUT2D eigenvalue weighted by Gasteiger charge is -2.20. The molecule has 168 valence electrons. The van der Waals surface area contributed by atoms with Gasteiger partial charge in [0, 0.05) is 16.1 Å². The molecule has 0 saturated heterocycles. The van der Waals surface area contributed by atoms with Crippen LogP contribution in [0.15, 0.2) is 36.4 Å². The summed E-state index contributed by atoms with van der Waals surface area (Å²) in [6, 6.07) is 11.7. The van der Waals surface area contributed by atoms with Crippen molar-refractivity contribution in [3.05, 3.63) is 63.9 Å². The van der Waals surface area contributed by atoms with Crippen molar-refractivity contribution >= 4 is 33.9 Å². The zero-order valence-electron chi connectivity index (χ0n) is 18.5. The van der Waals surface area contributed by atoms with Gasteiger partial charge in [0.25, 0.3) is 17.6 Å². The number of benzene rings is 1. The van der Waals surface area contributed by atoms with Crippen molar-refractivity contribution in [3.63, 3.8) is 0 Å². The Balaban J connectivity index is 1.51. The number of carbonyl (C=O) groups excluding carboxylic acids is 2. The van der Waals surface area contributed by atoms with Gasteiger partial charge < -0.3 is 11.1 Å².